The SMILES string of the molecule is NC(=O)c1cc(-c2csc(CN3CCCC3)c2)cc2c(C3CCS(O)(O)C3)c[nH]c12. The molecule has 2 aromatic heterocycles. The predicted molar refractivity (Wildman–Crippen MR) is 125 cm³/mol. The Balaban J connectivity index is 1.53. The number of nitrogens with two attached hydrogens (primary N) is 1. The van der Waals surface area contributed by atoms with Crippen LogP contribution in [0.4, 0.5) is 0 Å². The molecule has 0 bridgehead atoms. The van der Waals surface area contributed by atoms with E-state index in [4.69, 9.17) is 5.73 Å². The van der Waals surface area contributed by atoms with Crippen LogP contribution >= 0.6 is 21.9 Å². The van der Waals surface area contributed by atoms with Crippen molar-refractivity contribution in [3.63, 3.8) is 0 Å². The second-order valence-corrected chi connectivity index (χ2v) is 11.8. The lowest BCUT2D eigenvalue weighted by atomic mass is 9.94. The quantitative estimate of drug-likeness (QED) is 0.452. The van der Waals surface area contributed by atoms with Gasteiger partial charge < -0.3 is 10.7 Å². The number of benzene rings is 1. The first-order chi connectivity index (χ1) is 14.4. The number of nitrogens with zero attached hydrogens (tertiary/aromatic N) is 1. The van der Waals surface area contributed by atoms with E-state index in [9.17, 15) is 13.9 Å². The number of fused-ring (bicyclic) bond motifs is 1. The Kier molecular flexibility index (Phi) is 5.15. The Morgan fingerprint density at radius 1 is 1.23 bits per heavy atom. The highest BCUT2D eigenvalue weighted by Crippen LogP contribution is 2.52. The number of rotatable bonds is 5. The van der Waals surface area contributed by atoms with E-state index in [-0.39, 0.29) is 5.92 Å². The molecule has 4 heterocycles. The number of nitrogens with one attached hydrogen (secondary N) is 1. The van der Waals surface area contributed by atoms with Crippen LogP contribution in [0.25, 0.3) is 22.0 Å². The molecular weight excluding hydrogens is 418 g/mol. The summed E-state index contributed by atoms with van der Waals surface area (Å²) in [6.07, 6.45) is 5.20. The van der Waals surface area contributed by atoms with Gasteiger partial charge in [0, 0.05) is 40.4 Å². The zero-order chi connectivity index (χ0) is 20.9. The number of hydrogen-bond acceptors (Lipinski definition) is 5. The van der Waals surface area contributed by atoms with Gasteiger partial charge in [0.05, 0.1) is 11.1 Å². The lowest BCUT2D eigenvalue weighted by Crippen LogP contribution is -2.17. The Morgan fingerprint density at radius 2 is 2.03 bits per heavy atom. The van der Waals surface area contributed by atoms with Crippen LogP contribution in [0.2, 0.25) is 0 Å². The van der Waals surface area contributed by atoms with Crippen molar-refractivity contribution in [3.05, 3.63) is 45.8 Å². The summed E-state index contributed by atoms with van der Waals surface area (Å²) in [7, 11) is -2.50. The van der Waals surface area contributed by atoms with E-state index in [1.807, 2.05) is 12.3 Å². The van der Waals surface area contributed by atoms with Crippen LogP contribution in [0.15, 0.2) is 29.8 Å². The number of likely N-dealkylation sites (tertiary alicyclic amines) is 1. The van der Waals surface area contributed by atoms with Gasteiger partial charge in [-0.05, 0) is 72.6 Å². The van der Waals surface area contributed by atoms with Crippen molar-refractivity contribution in [2.24, 2.45) is 5.73 Å². The maximum Gasteiger partial charge on any atom is 0.250 e. The molecule has 2 fully saturated rings. The summed E-state index contributed by atoms with van der Waals surface area (Å²) in [6.45, 7) is 3.31. The second kappa shape index (κ2) is 7.69. The van der Waals surface area contributed by atoms with Crippen LogP contribution in [0.3, 0.4) is 0 Å². The molecule has 30 heavy (non-hydrogen) atoms. The van der Waals surface area contributed by atoms with E-state index in [1.54, 1.807) is 11.3 Å². The maximum atomic E-state index is 12.2. The predicted octanol–water partition coefficient (Wildman–Crippen LogP) is 4.83. The second-order valence-electron chi connectivity index (χ2n) is 8.50. The molecule has 160 valence electrons. The van der Waals surface area contributed by atoms with Crippen molar-refractivity contribution in [2.75, 3.05) is 24.6 Å². The van der Waals surface area contributed by atoms with Crippen LogP contribution in [0.1, 0.15) is 46.0 Å². The van der Waals surface area contributed by atoms with Gasteiger partial charge in [0.2, 0.25) is 0 Å². The minimum absolute atomic E-state index is 0.0768. The van der Waals surface area contributed by atoms with E-state index in [0.717, 1.165) is 53.6 Å². The molecule has 8 heteroatoms. The fourth-order valence-electron chi connectivity index (χ4n) is 4.79. The number of carbonyl (C=O) groups excluding carboxylic acids is 1. The first kappa shape index (κ1) is 20.1. The van der Waals surface area contributed by atoms with Crippen LogP contribution in [-0.4, -0.2) is 49.5 Å². The van der Waals surface area contributed by atoms with Crippen molar-refractivity contribution in [1.82, 2.24) is 9.88 Å². The van der Waals surface area contributed by atoms with Gasteiger partial charge in [-0.3, -0.25) is 18.8 Å². The Hall–Kier alpha value is -1.84. The highest BCUT2D eigenvalue weighted by molar-refractivity contribution is 8.24. The number of aromatic nitrogens is 1. The van der Waals surface area contributed by atoms with E-state index in [2.05, 4.69) is 27.4 Å². The molecule has 2 aliphatic rings. The first-order valence-corrected chi connectivity index (χ1v) is 13.1. The number of carbonyl (C=O) groups is 1. The minimum atomic E-state index is -2.50. The molecule has 5 N–H and O–H groups in total. The Labute approximate surface area is 181 Å². The van der Waals surface area contributed by atoms with Gasteiger partial charge in [-0.15, -0.1) is 11.3 Å². The largest absolute Gasteiger partial charge is 0.366 e. The van der Waals surface area contributed by atoms with Gasteiger partial charge in [-0.2, -0.15) is 10.6 Å². The summed E-state index contributed by atoms with van der Waals surface area (Å²) in [5, 5.41) is 3.10. The van der Waals surface area contributed by atoms with Crippen molar-refractivity contribution >= 4 is 38.7 Å². The molecule has 1 unspecified atom stereocenters. The lowest BCUT2D eigenvalue weighted by Gasteiger charge is -2.26. The van der Waals surface area contributed by atoms with E-state index in [1.165, 1.54) is 17.7 Å². The van der Waals surface area contributed by atoms with Gasteiger partial charge in [-0.1, -0.05) is 0 Å². The summed E-state index contributed by atoms with van der Waals surface area (Å²) in [5.41, 5.74) is 10.0. The number of thiophene rings is 1. The standard InChI is InChI=1S/C22H27N3O3S2/c23-22(26)19-9-15(16-7-17(29-12-16)11-25-4-1-2-5-25)8-18-20(10-24-21(18)19)14-3-6-30(27,28)13-14/h7-10,12,14,24,27-28H,1-6,11,13H2,(H2,23,26). The first-order valence-electron chi connectivity index (χ1n) is 10.4. The zero-order valence-corrected chi connectivity index (χ0v) is 18.4. The zero-order valence-electron chi connectivity index (χ0n) is 16.8. The van der Waals surface area contributed by atoms with Gasteiger partial charge in [0.25, 0.3) is 5.91 Å². The van der Waals surface area contributed by atoms with Crippen molar-refractivity contribution in [2.45, 2.75) is 31.7 Å². The molecule has 6 nitrogen and oxygen atoms in total. The average Bonchev–Trinajstić information content (AvgIpc) is 3.47. The molecule has 1 aromatic carbocycles. The summed E-state index contributed by atoms with van der Waals surface area (Å²) >= 11 is 1.75. The molecule has 1 atom stereocenters. The molecular formula is C22H27N3O3S2. The number of aromatic amines is 1. The molecule has 5 rings (SSSR count). The van der Waals surface area contributed by atoms with Crippen molar-refractivity contribution < 1.29 is 13.9 Å². The van der Waals surface area contributed by atoms with Crippen LogP contribution < -0.4 is 5.73 Å². The number of H-pyrrole nitrogens is 1. The third-order valence-corrected chi connectivity index (χ3v) is 9.10. The van der Waals surface area contributed by atoms with E-state index < -0.39 is 16.5 Å². The van der Waals surface area contributed by atoms with Gasteiger partial charge in [-0.25, -0.2) is 0 Å². The number of hydrogen-bond donors (Lipinski definition) is 4. The highest BCUT2D eigenvalue weighted by Gasteiger charge is 2.31. The summed E-state index contributed by atoms with van der Waals surface area (Å²) in [6, 6.07) is 6.20. The molecule has 1 amide bonds. The molecule has 2 saturated heterocycles. The van der Waals surface area contributed by atoms with Crippen LogP contribution in [-0.2, 0) is 6.54 Å². The maximum absolute atomic E-state index is 12.2. The molecule has 2 aliphatic heterocycles. The molecule has 0 aliphatic carbocycles. The lowest BCUT2D eigenvalue weighted by molar-refractivity contribution is 0.100. The Morgan fingerprint density at radius 3 is 2.73 bits per heavy atom. The molecule has 0 radical (unpaired) electrons. The highest BCUT2D eigenvalue weighted by atomic mass is 32.3. The smallest absolute Gasteiger partial charge is 0.250 e. The van der Waals surface area contributed by atoms with Gasteiger partial charge >= 0.3 is 0 Å². The molecule has 0 spiro atoms. The van der Waals surface area contributed by atoms with E-state index >= 15 is 0 Å². The van der Waals surface area contributed by atoms with Crippen molar-refractivity contribution in [1.29, 1.82) is 0 Å². The summed E-state index contributed by atoms with van der Waals surface area (Å²) in [4.78, 5) is 19.2. The minimum Gasteiger partial charge on any atom is -0.366 e. The average molecular weight is 446 g/mol. The normalized spacial score (nSPS) is 22.7. The number of primary amides is 1. The van der Waals surface area contributed by atoms with Crippen molar-refractivity contribution in [3.8, 4) is 11.1 Å². The van der Waals surface area contributed by atoms with Crippen LogP contribution in [0, 0.1) is 0 Å². The van der Waals surface area contributed by atoms with Crippen LogP contribution in [0.5, 0.6) is 0 Å². The van der Waals surface area contributed by atoms with Gasteiger partial charge in [0.15, 0.2) is 0 Å². The third-order valence-electron chi connectivity index (χ3n) is 6.35. The summed E-state index contributed by atoms with van der Waals surface area (Å²) < 4.78 is 20.2. The van der Waals surface area contributed by atoms with E-state index in [0.29, 0.717) is 17.1 Å². The monoisotopic (exact) mass is 445 g/mol. The fourth-order valence-corrected chi connectivity index (χ4v) is 7.55. The summed E-state index contributed by atoms with van der Waals surface area (Å²) in [5.74, 6) is 0.442. The van der Waals surface area contributed by atoms with Gasteiger partial charge in [0.1, 0.15) is 0 Å². The topological polar surface area (TPSA) is 103 Å². The Bertz CT molecular complexity index is 1100. The molecule has 3 aromatic rings. The fraction of sp³-hybridized carbons (Fsp3) is 0.409. The molecule has 0 saturated carbocycles. The number of amides is 1. The third kappa shape index (κ3) is 3.78.